The Bertz CT molecular complexity index is 407. The summed E-state index contributed by atoms with van der Waals surface area (Å²) < 4.78 is 0. The van der Waals surface area contributed by atoms with Gasteiger partial charge in [-0.1, -0.05) is 18.2 Å². The first-order valence-electron chi connectivity index (χ1n) is 5.13. The Balaban J connectivity index is 2.05. The third kappa shape index (κ3) is 1.34. The quantitative estimate of drug-likeness (QED) is 0.746. The van der Waals surface area contributed by atoms with E-state index in [0.717, 1.165) is 0 Å². The third-order valence-corrected chi connectivity index (χ3v) is 4.24. The van der Waals surface area contributed by atoms with Crippen molar-refractivity contribution in [2.24, 2.45) is 0 Å². The number of rotatable bonds is 1. The molecule has 2 heterocycles. The Morgan fingerprint density at radius 1 is 1.29 bits per heavy atom. The Kier molecular flexibility index (Phi) is 2.02. The normalized spacial score (nSPS) is 21.9. The van der Waals surface area contributed by atoms with Gasteiger partial charge in [-0.3, -0.25) is 0 Å². The summed E-state index contributed by atoms with van der Waals surface area (Å²) in [5.41, 5.74) is 2.68. The Labute approximate surface area is 87.9 Å². The lowest BCUT2D eigenvalue weighted by Gasteiger charge is -2.03. The molecule has 0 bridgehead atoms. The minimum absolute atomic E-state index is 0.711. The molecule has 1 aliphatic rings. The van der Waals surface area contributed by atoms with Gasteiger partial charge < -0.3 is 4.98 Å². The summed E-state index contributed by atoms with van der Waals surface area (Å²) in [6.45, 7) is 0. The van der Waals surface area contributed by atoms with Crippen LogP contribution in [0.5, 0.6) is 0 Å². The summed E-state index contributed by atoms with van der Waals surface area (Å²) in [6.07, 6.45) is 2.70. The molecule has 0 radical (unpaired) electrons. The molecule has 0 saturated carbocycles. The van der Waals surface area contributed by atoms with Crippen LogP contribution in [0.4, 0.5) is 0 Å². The maximum atomic E-state index is 3.52. The van der Waals surface area contributed by atoms with Crippen molar-refractivity contribution in [3.8, 4) is 0 Å². The second-order valence-electron chi connectivity index (χ2n) is 3.81. The fourth-order valence-electron chi connectivity index (χ4n) is 2.09. The van der Waals surface area contributed by atoms with Crippen molar-refractivity contribution in [3.05, 3.63) is 36.0 Å². The number of aromatic nitrogens is 1. The average molecular weight is 203 g/mol. The highest BCUT2D eigenvalue weighted by molar-refractivity contribution is 7.99. The molecule has 2 aromatic rings. The number of benzene rings is 1. The SMILES string of the molecule is c1ccc2[nH]c(C3CCCS3)cc2c1. The van der Waals surface area contributed by atoms with Gasteiger partial charge in [0.15, 0.2) is 0 Å². The van der Waals surface area contributed by atoms with E-state index in [1.54, 1.807) is 0 Å². The highest BCUT2D eigenvalue weighted by Crippen LogP contribution is 2.40. The molecule has 3 rings (SSSR count). The zero-order valence-corrected chi connectivity index (χ0v) is 8.81. The average Bonchev–Trinajstić information content (AvgIpc) is 2.86. The lowest BCUT2D eigenvalue weighted by molar-refractivity contribution is 0.814. The molecule has 1 aromatic carbocycles. The van der Waals surface area contributed by atoms with Crippen LogP contribution in [0.1, 0.15) is 23.8 Å². The van der Waals surface area contributed by atoms with Crippen LogP contribution in [0.2, 0.25) is 0 Å². The number of nitrogens with one attached hydrogen (secondary N) is 1. The van der Waals surface area contributed by atoms with E-state index in [0.29, 0.717) is 5.25 Å². The molecule has 1 aliphatic heterocycles. The minimum atomic E-state index is 0.711. The van der Waals surface area contributed by atoms with Gasteiger partial charge in [0.05, 0.1) is 0 Å². The summed E-state index contributed by atoms with van der Waals surface area (Å²) >= 11 is 2.08. The van der Waals surface area contributed by atoms with E-state index < -0.39 is 0 Å². The molecule has 1 nitrogen and oxygen atoms in total. The second kappa shape index (κ2) is 3.35. The largest absolute Gasteiger partial charge is 0.357 e. The number of fused-ring (bicyclic) bond motifs is 1. The molecule has 1 unspecified atom stereocenters. The van der Waals surface area contributed by atoms with E-state index >= 15 is 0 Å². The Hall–Kier alpha value is -0.890. The van der Waals surface area contributed by atoms with Crippen molar-refractivity contribution in [3.63, 3.8) is 0 Å². The predicted octanol–water partition coefficient (Wildman–Crippen LogP) is 3.74. The molecular weight excluding hydrogens is 190 g/mol. The number of para-hydroxylation sites is 1. The van der Waals surface area contributed by atoms with Crippen LogP contribution in [0.3, 0.4) is 0 Å². The zero-order chi connectivity index (χ0) is 9.38. The summed E-state index contributed by atoms with van der Waals surface area (Å²) in [5, 5.41) is 2.05. The highest BCUT2D eigenvalue weighted by Gasteiger charge is 2.18. The van der Waals surface area contributed by atoms with Crippen LogP contribution >= 0.6 is 11.8 Å². The molecule has 0 aliphatic carbocycles. The van der Waals surface area contributed by atoms with Crippen molar-refractivity contribution in [1.82, 2.24) is 4.98 Å². The van der Waals surface area contributed by atoms with Crippen LogP contribution in [0.25, 0.3) is 10.9 Å². The topological polar surface area (TPSA) is 15.8 Å². The van der Waals surface area contributed by atoms with E-state index in [2.05, 4.69) is 47.1 Å². The first-order chi connectivity index (χ1) is 6.93. The van der Waals surface area contributed by atoms with E-state index in [-0.39, 0.29) is 0 Å². The first kappa shape index (κ1) is 8.42. The molecule has 72 valence electrons. The maximum Gasteiger partial charge on any atom is 0.0456 e. The van der Waals surface area contributed by atoms with Crippen molar-refractivity contribution in [1.29, 1.82) is 0 Å². The van der Waals surface area contributed by atoms with E-state index in [4.69, 9.17) is 0 Å². The summed E-state index contributed by atoms with van der Waals surface area (Å²) in [4.78, 5) is 3.52. The number of hydrogen-bond acceptors (Lipinski definition) is 1. The van der Waals surface area contributed by atoms with Gasteiger partial charge in [-0.15, -0.1) is 0 Å². The molecule has 1 saturated heterocycles. The molecule has 1 fully saturated rings. The summed E-state index contributed by atoms with van der Waals surface area (Å²) in [5.74, 6) is 1.32. The standard InChI is InChI=1S/C12H13NS/c1-2-5-10-9(4-1)8-11(13-10)12-6-3-7-14-12/h1-2,4-5,8,12-13H,3,6-7H2. The van der Waals surface area contributed by atoms with Gasteiger partial charge in [0.2, 0.25) is 0 Å². The van der Waals surface area contributed by atoms with Gasteiger partial charge in [0, 0.05) is 16.5 Å². The maximum absolute atomic E-state index is 3.52. The molecule has 1 aromatic heterocycles. The summed E-state index contributed by atoms with van der Waals surface area (Å²) in [6, 6.07) is 10.8. The Morgan fingerprint density at radius 2 is 2.21 bits per heavy atom. The third-order valence-electron chi connectivity index (χ3n) is 2.83. The van der Waals surface area contributed by atoms with E-state index in [1.807, 2.05) is 0 Å². The molecule has 0 amide bonds. The van der Waals surface area contributed by atoms with Crippen LogP contribution in [-0.4, -0.2) is 10.7 Å². The van der Waals surface area contributed by atoms with Crippen LogP contribution in [-0.2, 0) is 0 Å². The minimum Gasteiger partial charge on any atom is -0.357 e. The predicted molar refractivity (Wildman–Crippen MR) is 62.7 cm³/mol. The molecule has 2 heteroatoms. The fraction of sp³-hybridized carbons (Fsp3) is 0.333. The van der Waals surface area contributed by atoms with Crippen LogP contribution in [0.15, 0.2) is 30.3 Å². The van der Waals surface area contributed by atoms with Gasteiger partial charge in [-0.2, -0.15) is 11.8 Å². The number of thioether (sulfide) groups is 1. The number of H-pyrrole nitrogens is 1. The van der Waals surface area contributed by atoms with Gasteiger partial charge in [-0.05, 0) is 36.1 Å². The highest BCUT2D eigenvalue weighted by atomic mass is 32.2. The van der Waals surface area contributed by atoms with E-state index in [9.17, 15) is 0 Å². The lowest BCUT2D eigenvalue weighted by Crippen LogP contribution is -1.86. The van der Waals surface area contributed by atoms with Crippen molar-refractivity contribution < 1.29 is 0 Å². The first-order valence-corrected chi connectivity index (χ1v) is 6.17. The second-order valence-corrected chi connectivity index (χ2v) is 5.12. The van der Waals surface area contributed by atoms with Crippen LogP contribution < -0.4 is 0 Å². The monoisotopic (exact) mass is 203 g/mol. The zero-order valence-electron chi connectivity index (χ0n) is 7.99. The van der Waals surface area contributed by atoms with Crippen molar-refractivity contribution >= 4 is 22.7 Å². The van der Waals surface area contributed by atoms with Crippen LogP contribution in [0, 0.1) is 0 Å². The molecular formula is C12H13NS. The fourth-order valence-corrected chi connectivity index (χ4v) is 3.35. The molecule has 1 atom stereocenters. The van der Waals surface area contributed by atoms with Crippen molar-refractivity contribution in [2.45, 2.75) is 18.1 Å². The Morgan fingerprint density at radius 3 is 3.00 bits per heavy atom. The van der Waals surface area contributed by atoms with Gasteiger partial charge >= 0.3 is 0 Å². The number of hydrogen-bond donors (Lipinski definition) is 1. The smallest absolute Gasteiger partial charge is 0.0456 e. The molecule has 14 heavy (non-hydrogen) atoms. The van der Waals surface area contributed by atoms with Gasteiger partial charge in [0.25, 0.3) is 0 Å². The van der Waals surface area contributed by atoms with Gasteiger partial charge in [0.1, 0.15) is 0 Å². The number of aromatic amines is 1. The van der Waals surface area contributed by atoms with Crippen molar-refractivity contribution in [2.75, 3.05) is 5.75 Å². The molecule has 1 N–H and O–H groups in total. The lowest BCUT2D eigenvalue weighted by atomic mass is 10.2. The molecule has 0 spiro atoms. The van der Waals surface area contributed by atoms with Gasteiger partial charge in [-0.25, -0.2) is 0 Å². The summed E-state index contributed by atoms with van der Waals surface area (Å²) in [7, 11) is 0. The van der Waals surface area contributed by atoms with E-state index in [1.165, 1.54) is 35.2 Å².